The van der Waals surface area contributed by atoms with Crippen LogP contribution in [0.25, 0.3) is 33.1 Å². The highest BCUT2D eigenvalue weighted by molar-refractivity contribution is 6.08. The predicted molar refractivity (Wildman–Crippen MR) is 173 cm³/mol. The normalized spacial score (nSPS) is 15.5. The van der Waals surface area contributed by atoms with Crippen LogP contribution in [0, 0.1) is 11.8 Å². The van der Waals surface area contributed by atoms with Crippen LogP contribution in [0.4, 0.5) is 0 Å². The van der Waals surface area contributed by atoms with E-state index in [0.29, 0.717) is 11.8 Å². The quantitative estimate of drug-likeness (QED) is 0.159. The Bertz CT molecular complexity index is 1860. The summed E-state index contributed by atoms with van der Waals surface area (Å²) in [5.41, 5.74) is 9.11. The molecule has 1 saturated heterocycles. The van der Waals surface area contributed by atoms with Crippen LogP contribution in [0.3, 0.4) is 0 Å². The van der Waals surface area contributed by atoms with Crippen molar-refractivity contribution in [2.24, 2.45) is 11.8 Å². The number of benzene rings is 3. The van der Waals surface area contributed by atoms with E-state index in [9.17, 15) is 0 Å². The van der Waals surface area contributed by atoms with Crippen molar-refractivity contribution in [2.45, 2.75) is 39.7 Å². The molecule has 2 atom stereocenters. The summed E-state index contributed by atoms with van der Waals surface area (Å²) >= 11 is 0. The number of fused-ring (bicyclic) bond motifs is 3. The number of aromatic nitrogens is 3. The van der Waals surface area contributed by atoms with Crippen molar-refractivity contribution in [3.8, 4) is 5.69 Å². The zero-order chi connectivity index (χ0) is 28.5. The van der Waals surface area contributed by atoms with Gasteiger partial charge in [0.1, 0.15) is 12.4 Å². The summed E-state index contributed by atoms with van der Waals surface area (Å²) in [6.07, 6.45) is 11.1. The second kappa shape index (κ2) is 11.4. The number of nitrogens with zero attached hydrogens (tertiary/aromatic N) is 3. The Morgan fingerprint density at radius 1 is 0.857 bits per heavy atom. The van der Waals surface area contributed by atoms with E-state index in [2.05, 4.69) is 125 Å². The molecule has 1 fully saturated rings. The van der Waals surface area contributed by atoms with Gasteiger partial charge < -0.3 is 13.9 Å². The molecule has 4 heterocycles. The number of aryl methyl sites for hydroxylation is 2. The van der Waals surface area contributed by atoms with Gasteiger partial charge in [0.25, 0.3) is 0 Å². The molecule has 4 heteroatoms. The van der Waals surface area contributed by atoms with Crippen LogP contribution < -0.4 is 0 Å². The molecule has 0 aliphatic carbocycles. The van der Waals surface area contributed by atoms with E-state index in [4.69, 9.17) is 4.74 Å². The second-order valence-corrected chi connectivity index (χ2v) is 11.6. The molecule has 4 nitrogen and oxygen atoms in total. The van der Waals surface area contributed by atoms with Crippen LogP contribution >= 0.6 is 0 Å². The Morgan fingerprint density at radius 3 is 2.48 bits per heavy atom. The first-order chi connectivity index (χ1) is 20.7. The number of rotatable bonds is 10. The Balaban J connectivity index is 1.25. The molecule has 0 amide bonds. The maximum absolute atomic E-state index is 5.97. The molecule has 7 rings (SSSR count). The van der Waals surface area contributed by atoms with Crippen molar-refractivity contribution in [3.63, 3.8) is 0 Å². The highest BCUT2D eigenvalue weighted by Gasteiger charge is 2.31. The minimum absolute atomic E-state index is 0.343. The smallest absolute Gasteiger partial charge is 0.145 e. The summed E-state index contributed by atoms with van der Waals surface area (Å²) in [5, 5.41) is 2.69. The van der Waals surface area contributed by atoms with E-state index in [1.165, 1.54) is 49.8 Å². The highest BCUT2D eigenvalue weighted by Crippen LogP contribution is 2.42. The van der Waals surface area contributed by atoms with Crippen molar-refractivity contribution in [3.05, 3.63) is 138 Å². The van der Waals surface area contributed by atoms with Crippen molar-refractivity contribution in [2.75, 3.05) is 6.61 Å². The largest absolute Gasteiger partial charge is 0.486 e. The van der Waals surface area contributed by atoms with Crippen LogP contribution in [0.5, 0.6) is 0 Å². The highest BCUT2D eigenvalue weighted by atomic mass is 16.6. The lowest BCUT2D eigenvalue weighted by atomic mass is 9.77. The number of para-hydroxylation sites is 1. The zero-order valence-electron chi connectivity index (χ0n) is 24.4. The number of allylic oxidation sites excluding steroid dienone is 1. The molecule has 0 bridgehead atoms. The van der Waals surface area contributed by atoms with Crippen LogP contribution in [0.2, 0.25) is 0 Å². The van der Waals surface area contributed by atoms with Gasteiger partial charge in [0.15, 0.2) is 0 Å². The van der Waals surface area contributed by atoms with E-state index >= 15 is 0 Å². The Hall–Kier alpha value is -4.57. The third-order valence-electron chi connectivity index (χ3n) is 8.88. The van der Waals surface area contributed by atoms with Gasteiger partial charge in [0.2, 0.25) is 0 Å². The summed E-state index contributed by atoms with van der Waals surface area (Å²) in [5.74, 6) is 1.90. The van der Waals surface area contributed by atoms with E-state index in [1.54, 1.807) is 0 Å². The van der Waals surface area contributed by atoms with Gasteiger partial charge in [-0.3, -0.25) is 4.98 Å². The SMILES string of the molecule is CCn1c2ccccc2c2cc(CC(C)C(CCc3cccnc3)C(=C3CO3)c3cccc(-n4cccc4)c3)ccc21. The van der Waals surface area contributed by atoms with E-state index in [-0.39, 0.29) is 0 Å². The third kappa shape index (κ3) is 5.14. The number of pyridine rings is 1. The number of hydrogen-bond donors (Lipinski definition) is 0. The van der Waals surface area contributed by atoms with Crippen molar-refractivity contribution in [1.29, 1.82) is 0 Å². The predicted octanol–water partition coefficient (Wildman–Crippen LogP) is 8.87. The Kier molecular flexibility index (Phi) is 7.13. The molecule has 0 spiro atoms. The standard InChI is InChI=1S/C38H37N3O/c1-3-41-35-14-5-4-13-33(35)34-23-29(16-18-36(34)41)22-27(2)32(17-15-28-10-9-19-39-25-28)38(37-26-42-37)30-11-8-12-31(24-30)40-20-6-7-21-40/h4-14,16,18-21,23-25,27,32H,3,15,17,22,26H2,1-2H3. The summed E-state index contributed by atoms with van der Waals surface area (Å²) in [6.45, 7) is 6.35. The molecule has 42 heavy (non-hydrogen) atoms. The number of epoxide rings is 1. The van der Waals surface area contributed by atoms with Gasteiger partial charge in [-0.25, -0.2) is 0 Å². The van der Waals surface area contributed by atoms with Crippen LogP contribution in [-0.4, -0.2) is 20.7 Å². The van der Waals surface area contributed by atoms with E-state index in [1.807, 2.05) is 18.5 Å². The molecular weight excluding hydrogens is 514 g/mol. The molecule has 3 aromatic heterocycles. The minimum atomic E-state index is 0.343. The average Bonchev–Trinajstić information content (AvgIpc) is 3.60. The molecule has 210 valence electrons. The van der Waals surface area contributed by atoms with E-state index < -0.39 is 0 Å². The lowest BCUT2D eigenvalue weighted by molar-refractivity contribution is 0.409. The van der Waals surface area contributed by atoms with Gasteiger partial charge in [0.05, 0.1) is 0 Å². The fourth-order valence-corrected chi connectivity index (χ4v) is 6.78. The monoisotopic (exact) mass is 551 g/mol. The van der Waals surface area contributed by atoms with Gasteiger partial charge in [-0.15, -0.1) is 0 Å². The first kappa shape index (κ1) is 26.3. The average molecular weight is 552 g/mol. The topological polar surface area (TPSA) is 35.3 Å². The molecule has 2 unspecified atom stereocenters. The van der Waals surface area contributed by atoms with Crippen LogP contribution in [0.15, 0.2) is 122 Å². The zero-order valence-corrected chi connectivity index (χ0v) is 24.4. The first-order valence-corrected chi connectivity index (χ1v) is 15.2. The number of ether oxygens (including phenoxy) is 1. The molecular formula is C38H37N3O. The fourth-order valence-electron chi connectivity index (χ4n) is 6.78. The minimum Gasteiger partial charge on any atom is -0.486 e. The van der Waals surface area contributed by atoms with Gasteiger partial charge >= 0.3 is 0 Å². The Labute approximate surface area is 247 Å². The lowest BCUT2D eigenvalue weighted by Crippen LogP contribution is -2.18. The molecule has 3 aromatic carbocycles. The van der Waals surface area contributed by atoms with Crippen LogP contribution in [-0.2, 0) is 24.1 Å². The third-order valence-corrected chi connectivity index (χ3v) is 8.88. The van der Waals surface area contributed by atoms with Crippen molar-refractivity contribution >= 4 is 27.4 Å². The summed E-state index contributed by atoms with van der Waals surface area (Å²) in [6, 6.07) is 33.2. The second-order valence-electron chi connectivity index (χ2n) is 11.6. The van der Waals surface area contributed by atoms with E-state index in [0.717, 1.165) is 38.2 Å². The molecule has 0 N–H and O–H groups in total. The Morgan fingerprint density at radius 2 is 1.69 bits per heavy atom. The number of hydrogen-bond acceptors (Lipinski definition) is 2. The summed E-state index contributed by atoms with van der Waals surface area (Å²) in [4.78, 5) is 4.39. The summed E-state index contributed by atoms with van der Waals surface area (Å²) < 4.78 is 10.6. The van der Waals surface area contributed by atoms with Crippen molar-refractivity contribution < 1.29 is 4.74 Å². The van der Waals surface area contributed by atoms with Gasteiger partial charge in [0, 0.05) is 64.4 Å². The first-order valence-electron chi connectivity index (χ1n) is 15.2. The molecule has 1 aliphatic heterocycles. The molecule has 0 saturated carbocycles. The molecule has 6 aromatic rings. The van der Waals surface area contributed by atoms with Gasteiger partial charge in [-0.05, 0) is 103 Å². The maximum atomic E-state index is 5.97. The lowest BCUT2D eigenvalue weighted by Gasteiger charge is -2.27. The molecule has 1 aliphatic rings. The van der Waals surface area contributed by atoms with Gasteiger partial charge in [-0.2, -0.15) is 0 Å². The fraction of sp³-hybridized carbons (Fsp3) is 0.237. The van der Waals surface area contributed by atoms with Crippen LogP contribution in [0.1, 0.15) is 37.0 Å². The van der Waals surface area contributed by atoms with Crippen molar-refractivity contribution in [1.82, 2.24) is 14.1 Å². The molecule has 0 radical (unpaired) electrons. The maximum Gasteiger partial charge on any atom is 0.145 e. The summed E-state index contributed by atoms with van der Waals surface area (Å²) in [7, 11) is 0. The van der Waals surface area contributed by atoms with Gasteiger partial charge in [-0.1, -0.05) is 49.4 Å².